The summed E-state index contributed by atoms with van der Waals surface area (Å²) in [6.45, 7) is 0. The molecule has 0 saturated carbocycles. The van der Waals surface area contributed by atoms with E-state index in [1.807, 2.05) is 0 Å². The number of hydrogen-bond acceptors (Lipinski definition) is 0. The molecular formula is C4H2Cl2F6. The van der Waals surface area contributed by atoms with E-state index in [0.717, 1.165) is 0 Å². The molecular weight excluding hydrogens is 233 g/mol. The van der Waals surface area contributed by atoms with Crippen LogP contribution in [0.15, 0.2) is 0 Å². The zero-order valence-corrected chi connectivity index (χ0v) is 6.61. The number of hydrogen-bond donors (Lipinski definition) is 0. The van der Waals surface area contributed by atoms with Crippen LogP contribution in [0.25, 0.3) is 0 Å². The minimum absolute atomic E-state index is 3.50. The first-order chi connectivity index (χ1) is 5.40. The summed E-state index contributed by atoms with van der Waals surface area (Å²) in [4.78, 5) is 0. The lowest BCUT2D eigenvalue weighted by molar-refractivity contribution is -0.176. The van der Waals surface area contributed by atoms with E-state index < -0.39 is 23.1 Å². The standard InChI is InChI=1S/C4H2Cl2F6/c5-1(3(7,8)9)2(6)4(10,11)12/h1-2H/i1D. The van der Waals surface area contributed by atoms with Crippen LogP contribution >= 0.6 is 23.2 Å². The second-order valence-corrected chi connectivity index (χ2v) is 2.59. The number of rotatable bonds is 1. The van der Waals surface area contributed by atoms with E-state index in [9.17, 15) is 26.3 Å². The monoisotopic (exact) mass is 235 g/mol. The van der Waals surface area contributed by atoms with E-state index in [-0.39, 0.29) is 0 Å². The average Bonchev–Trinajstić information content (AvgIpc) is 1.81. The van der Waals surface area contributed by atoms with Crippen LogP contribution < -0.4 is 0 Å². The zero-order chi connectivity index (χ0) is 11.1. The Bertz CT molecular complexity index is 184. The molecule has 74 valence electrons. The molecule has 8 heteroatoms. The second-order valence-electron chi connectivity index (χ2n) is 1.75. The molecule has 0 aliphatic rings. The van der Waals surface area contributed by atoms with Crippen molar-refractivity contribution < 1.29 is 27.7 Å². The van der Waals surface area contributed by atoms with Gasteiger partial charge in [0.05, 0.1) is 1.37 Å². The van der Waals surface area contributed by atoms with Gasteiger partial charge in [0.15, 0.2) is 10.7 Å². The molecule has 0 fully saturated rings. The van der Waals surface area contributed by atoms with Crippen LogP contribution in [0.2, 0.25) is 0 Å². The van der Waals surface area contributed by atoms with Crippen molar-refractivity contribution in [1.29, 1.82) is 0 Å². The van der Waals surface area contributed by atoms with Crippen molar-refractivity contribution >= 4 is 23.2 Å². The van der Waals surface area contributed by atoms with Gasteiger partial charge in [0, 0.05) is 0 Å². The van der Waals surface area contributed by atoms with Gasteiger partial charge in [0.1, 0.15) is 0 Å². The second kappa shape index (κ2) is 3.49. The van der Waals surface area contributed by atoms with Crippen molar-refractivity contribution in [2.45, 2.75) is 23.1 Å². The molecule has 0 amide bonds. The summed E-state index contributed by atoms with van der Waals surface area (Å²) in [5, 5.41) is -7.76. The Balaban J connectivity index is 4.86. The summed E-state index contributed by atoms with van der Waals surface area (Å²) in [6, 6.07) is 0. The minimum atomic E-state index is -5.55. The summed E-state index contributed by atoms with van der Waals surface area (Å²) in [5.41, 5.74) is 0. The quantitative estimate of drug-likeness (QED) is 0.483. The predicted molar refractivity (Wildman–Crippen MR) is 31.4 cm³/mol. The third-order valence-corrected chi connectivity index (χ3v) is 1.79. The van der Waals surface area contributed by atoms with Gasteiger partial charge in [-0.05, 0) is 0 Å². The Hall–Kier alpha value is 0.160. The van der Waals surface area contributed by atoms with Gasteiger partial charge >= 0.3 is 12.4 Å². The average molecular weight is 236 g/mol. The molecule has 0 aromatic carbocycles. The van der Waals surface area contributed by atoms with Gasteiger partial charge in [-0.15, -0.1) is 23.2 Å². The molecule has 12 heavy (non-hydrogen) atoms. The third kappa shape index (κ3) is 3.26. The van der Waals surface area contributed by atoms with Gasteiger partial charge in [-0.3, -0.25) is 0 Å². The number of alkyl halides is 8. The molecule has 0 aliphatic carbocycles. The fourth-order valence-corrected chi connectivity index (χ4v) is 0.535. The van der Waals surface area contributed by atoms with Gasteiger partial charge in [-0.1, -0.05) is 0 Å². The van der Waals surface area contributed by atoms with Crippen molar-refractivity contribution in [2.75, 3.05) is 0 Å². The van der Waals surface area contributed by atoms with Gasteiger partial charge in [-0.25, -0.2) is 0 Å². The van der Waals surface area contributed by atoms with Crippen LogP contribution in [0, 0.1) is 0 Å². The molecule has 0 rings (SSSR count). The zero-order valence-electron chi connectivity index (χ0n) is 6.10. The lowest BCUT2D eigenvalue weighted by Gasteiger charge is -2.20. The smallest absolute Gasteiger partial charge is 0.169 e. The van der Waals surface area contributed by atoms with E-state index in [4.69, 9.17) is 1.37 Å². The van der Waals surface area contributed by atoms with Crippen LogP contribution in [0.4, 0.5) is 26.3 Å². The third-order valence-electron chi connectivity index (χ3n) is 0.781. The first kappa shape index (κ1) is 10.2. The minimum Gasteiger partial charge on any atom is -0.169 e. The van der Waals surface area contributed by atoms with Crippen LogP contribution in [0.5, 0.6) is 0 Å². The fraction of sp³-hybridized carbons (Fsp3) is 1.00. The first-order valence-corrected chi connectivity index (χ1v) is 3.18. The summed E-state index contributed by atoms with van der Waals surface area (Å²) in [5.74, 6) is 0. The maximum atomic E-state index is 11.7. The van der Waals surface area contributed by atoms with Crippen molar-refractivity contribution in [3.05, 3.63) is 0 Å². The topological polar surface area (TPSA) is 0 Å². The SMILES string of the molecule is [2H]C(Cl)(C(Cl)C(F)(F)F)C(F)(F)F. The van der Waals surface area contributed by atoms with Crippen molar-refractivity contribution in [1.82, 2.24) is 0 Å². The first-order valence-electron chi connectivity index (χ1n) is 2.87. The molecule has 0 bridgehead atoms. The summed E-state index contributed by atoms with van der Waals surface area (Å²) in [6.07, 6.45) is -10.9. The van der Waals surface area contributed by atoms with E-state index in [0.29, 0.717) is 0 Å². The van der Waals surface area contributed by atoms with Crippen molar-refractivity contribution in [2.24, 2.45) is 0 Å². The van der Waals surface area contributed by atoms with E-state index in [1.54, 1.807) is 0 Å². The fourth-order valence-electron chi connectivity index (χ4n) is 0.287. The molecule has 0 N–H and O–H groups in total. The maximum absolute atomic E-state index is 11.7. The molecule has 2 atom stereocenters. The van der Waals surface area contributed by atoms with Crippen molar-refractivity contribution in [3.63, 3.8) is 0 Å². The Morgan fingerprint density at radius 2 is 1.25 bits per heavy atom. The van der Waals surface area contributed by atoms with Gasteiger partial charge in [0.2, 0.25) is 0 Å². The van der Waals surface area contributed by atoms with Crippen LogP contribution in [0.1, 0.15) is 1.37 Å². The normalized spacial score (nSPS) is 22.8. The van der Waals surface area contributed by atoms with Crippen LogP contribution in [0.3, 0.4) is 0 Å². The molecule has 0 aliphatic heterocycles. The molecule has 0 saturated heterocycles. The summed E-state index contributed by atoms with van der Waals surface area (Å²) >= 11 is 8.71. The largest absolute Gasteiger partial charge is 0.406 e. The molecule has 0 aromatic heterocycles. The van der Waals surface area contributed by atoms with Gasteiger partial charge in [-0.2, -0.15) is 26.3 Å². The molecule has 0 spiro atoms. The Morgan fingerprint density at radius 1 is 0.917 bits per heavy atom. The predicted octanol–water partition coefficient (Wildman–Crippen LogP) is 3.33. The van der Waals surface area contributed by atoms with Gasteiger partial charge < -0.3 is 0 Å². The van der Waals surface area contributed by atoms with Crippen LogP contribution in [-0.2, 0) is 0 Å². The molecule has 0 radical (unpaired) electrons. The van der Waals surface area contributed by atoms with Crippen molar-refractivity contribution in [3.8, 4) is 0 Å². The lowest BCUT2D eigenvalue weighted by Crippen LogP contribution is -2.40. The highest BCUT2D eigenvalue weighted by molar-refractivity contribution is 6.30. The molecule has 2 unspecified atom stereocenters. The highest BCUT2D eigenvalue weighted by Gasteiger charge is 2.53. The Kier molecular flexibility index (Phi) is 2.98. The van der Waals surface area contributed by atoms with E-state index in [1.165, 1.54) is 0 Å². The Labute approximate surface area is 74.8 Å². The lowest BCUT2D eigenvalue weighted by atomic mass is 10.3. The van der Waals surface area contributed by atoms with Crippen LogP contribution in [-0.4, -0.2) is 23.1 Å². The Morgan fingerprint density at radius 3 is 1.33 bits per heavy atom. The summed E-state index contributed by atoms with van der Waals surface area (Å²) < 4.78 is 76.3. The molecule has 0 nitrogen and oxygen atoms in total. The molecule has 0 heterocycles. The highest BCUT2D eigenvalue weighted by atomic mass is 35.5. The molecule has 0 aromatic rings. The maximum Gasteiger partial charge on any atom is 0.406 e. The summed E-state index contributed by atoms with van der Waals surface area (Å²) in [7, 11) is 0. The van der Waals surface area contributed by atoms with Gasteiger partial charge in [0.25, 0.3) is 0 Å². The number of halogens is 8. The van der Waals surface area contributed by atoms with E-state index in [2.05, 4.69) is 23.2 Å². The van der Waals surface area contributed by atoms with E-state index >= 15 is 0 Å². The highest BCUT2D eigenvalue weighted by Crippen LogP contribution is 2.37.